The van der Waals surface area contributed by atoms with Crippen LogP contribution >= 0.6 is 0 Å². The van der Waals surface area contributed by atoms with E-state index in [1.165, 1.54) is 47.9 Å². The molecule has 1 atom stereocenters. The van der Waals surface area contributed by atoms with Crippen molar-refractivity contribution in [3.8, 4) is 0 Å². The van der Waals surface area contributed by atoms with E-state index >= 15 is 0 Å². The average Bonchev–Trinajstić information content (AvgIpc) is 2.90. The summed E-state index contributed by atoms with van der Waals surface area (Å²) < 4.78 is 27.9. The highest BCUT2D eigenvalue weighted by Gasteiger charge is 2.29. The predicted molar refractivity (Wildman–Crippen MR) is 138 cm³/mol. The first-order valence-electron chi connectivity index (χ1n) is 12.0. The molecule has 0 unspecified atom stereocenters. The molecule has 0 heterocycles. The Hall–Kier alpha value is -3.72. The second-order valence-electron chi connectivity index (χ2n) is 8.87. The van der Waals surface area contributed by atoms with Gasteiger partial charge in [-0.15, -0.1) is 0 Å². The van der Waals surface area contributed by atoms with E-state index in [1.54, 1.807) is 18.2 Å². The van der Waals surface area contributed by atoms with E-state index < -0.39 is 27.4 Å². The van der Waals surface area contributed by atoms with E-state index in [2.05, 4.69) is 17.4 Å². The van der Waals surface area contributed by atoms with Gasteiger partial charge in [0.05, 0.1) is 21.5 Å². The van der Waals surface area contributed by atoms with Gasteiger partial charge in [-0.25, -0.2) is 8.42 Å². The number of nitrogens with zero attached hydrogens (tertiary/aromatic N) is 2. The number of hydrogen-bond donors (Lipinski definition) is 1. The molecule has 1 aliphatic carbocycles. The topological polar surface area (TPSA) is 110 Å². The van der Waals surface area contributed by atoms with Crippen molar-refractivity contribution in [2.45, 2.75) is 50.0 Å². The van der Waals surface area contributed by atoms with Gasteiger partial charge < -0.3 is 5.32 Å². The number of carbonyl (C=O) groups excluding carboxylic acids is 1. The Morgan fingerprint density at radius 3 is 2.42 bits per heavy atom. The highest BCUT2D eigenvalue weighted by Crippen LogP contribution is 2.28. The number of amides is 1. The van der Waals surface area contributed by atoms with Gasteiger partial charge in [-0.3, -0.25) is 19.2 Å². The Bertz CT molecular complexity index is 1360. The van der Waals surface area contributed by atoms with Gasteiger partial charge in [0.2, 0.25) is 5.91 Å². The largest absolute Gasteiger partial charge is 0.348 e. The predicted octanol–water partition coefficient (Wildman–Crippen LogP) is 4.94. The SMILES string of the molecule is CC[C@H](NC(=O)CN(c1cccc([N+](=O)[O-])c1)S(=O)(=O)c1ccccc1)c1ccc2c(c1)CCCC2. The third-order valence-electron chi connectivity index (χ3n) is 6.47. The summed E-state index contributed by atoms with van der Waals surface area (Å²) in [5.41, 5.74) is 3.42. The quantitative estimate of drug-likeness (QED) is 0.326. The molecule has 1 amide bonds. The Kier molecular flexibility index (Phi) is 7.69. The fraction of sp³-hybridized carbons (Fsp3) is 0.296. The van der Waals surface area contributed by atoms with Gasteiger partial charge in [-0.05, 0) is 67.0 Å². The maximum absolute atomic E-state index is 13.5. The minimum atomic E-state index is -4.16. The zero-order valence-electron chi connectivity index (χ0n) is 20.1. The molecule has 0 saturated heterocycles. The molecule has 0 bridgehead atoms. The van der Waals surface area contributed by atoms with Crippen LogP contribution in [-0.4, -0.2) is 25.8 Å². The van der Waals surface area contributed by atoms with Crippen LogP contribution in [0.4, 0.5) is 11.4 Å². The summed E-state index contributed by atoms with van der Waals surface area (Å²) in [6.07, 6.45) is 5.04. The lowest BCUT2D eigenvalue weighted by Crippen LogP contribution is -2.42. The molecule has 1 N–H and O–H groups in total. The maximum atomic E-state index is 13.5. The van der Waals surface area contributed by atoms with Gasteiger partial charge in [-0.1, -0.05) is 49.4 Å². The van der Waals surface area contributed by atoms with Gasteiger partial charge in [-0.2, -0.15) is 0 Å². The summed E-state index contributed by atoms with van der Waals surface area (Å²) in [5.74, 6) is -0.495. The fourth-order valence-corrected chi connectivity index (χ4v) is 5.99. The van der Waals surface area contributed by atoms with Crippen LogP contribution in [0.15, 0.2) is 77.7 Å². The van der Waals surface area contributed by atoms with Crippen molar-refractivity contribution in [2.24, 2.45) is 0 Å². The molecule has 0 radical (unpaired) electrons. The lowest BCUT2D eigenvalue weighted by molar-refractivity contribution is -0.384. The fourth-order valence-electron chi connectivity index (χ4n) is 4.56. The van der Waals surface area contributed by atoms with Crippen molar-refractivity contribution < 1.29 is 18.1 Å². The number of aryl methyl sites for hydroxylation is 2. The van der Waals surface area contributed by atoms with Crippen molar-refractivity contribution >= 4 is 27.3 Å². The van der Waals surface area contributed by atoms with Crippen molar-refractivity contribution in [1.29, 1.82) is 0 Å². The van der Waals surface area contributed by atoms with Gasteiger partial charge in [0.1, 0.15) is 6.54 Å². The highest BCUT2D eigenvalue weighted by molar-refractivity contribution is 7.92. The molecule has 1 aliphatic rings. The Balaban J connectivity index is 1.62. The zero-order chi connectivity index (χ0) is 25.7. The number of nitro groups is 1. The molecule has 0 saturated carbocycles. The van der Waals surface area contributed by atoms with Crippen molar-refractivity contribution in [2.75, 3.05) is 10.8 Å². The summed E-state index contributed by atoms with van der Waals surface area (Å²) in [7, 11) is -4.16. The van der Waals surface area contributed by atoms with Gasteiger partial charge in [0, 0.05) is 12.1 Å². The van der Waals surface area contributed by atoms with Crippen LogP contribution in [0.3, 0.4) is 0 Å². The van der Waals surface area contributed by atoms with E-state index in [9.17, 15) is 23.3 Å². The first-order chi connectivity index (χ1) is 17.3. The molecular formula is C27H29N3O5S. The molecule has 4 rings (SSSR count). The van der Waals surface area contributed by atoms with Crippen LogP contribution in [0, 0.1) is 10.1 Å². The van der Waals surface area contributed by atoms with Crippen molar-refractivity contribution in [3.05, 3.63) is 99.6 Å². The number of hydrogen-bond acceptors (Lipinski definition) is 5. The zero-order valence-corrected chi connectivity index (χ0v) is 20.9. The molecule has 0 spiro atoms. The Morgan fingerprint density at radius 1 is 1.00 bits per heavy atom. The van der Waals surface area contributed by atoms with Crippen molar-refractivity contribution in [1.82, 2.24) is 5.32 Å². The number of benzene rings is 3. The smallest absolute Gasteiger partial charge is 0.271 e. The minimum absolute atomic E-state index is 0.00830. The molecule has 0 aromatic heterocycles. The van der Waals surface area contributed by atoms with E-state index in [0.29, 0.717) is 6.42 Å². The van der Waals surface area contributed by atoms with Crippen LogP contribution < -0.4 is 9.62 Å². The molecule has 3 aromatic rings. The number of anilines is 1. The number of nitro benzene ring substituents is 1. The van der Waals surface area contributed by atoms with Gasteiger partial charge in [0.15, 0.2) is 0 Å². The minimum Gasteiger partial charge on any atom is -0.348 e. The molecule has 188 valence electrons. The highest BCUT2D eigenvalue weighted by atomic mass is 32.2. The summed E-state index contributed by atoms with van der Waals surface area (Å²) in [5, 5.41) is 14.3. The number of fused-ring (bicyclic) bond motifs is 1. The van der Waals surface area contributed by atoms with E-state index in [1.807, 2.05) is 13.0 Å². The number of rotatable bonds is 9. The number of carbonyl (C=O) groups is 1. The normalized spacial score (nSPS) is 13.9. The summed E-state index contributed by atoms with van der Waals surface area (Å²) in [4.78, 5) is 23.9. The van der Waals surface area contributed by atoms with Gasteiger partial charge in [0.25, 0.3) is 15.7 Å². The Morgan fingerprint density at radius 2 is 1.72 bits per heavy atom. The maximum Gasteiger partial charge on any atom is 0.271 e. The third kappa shape index (κ3) is 5.57. The molecule has 0 aliphatic heterocycles. The number of sulfonamides is 1. The molecule has 9 heteroatoms. The van der Waals surface area contributed by atoms with Crippen LogP contribution in [0.1, 0.15) is 48.9 Å². The number of nitrogens with one attached hydrogen (secondary N) is 1. The van der Waals surface area contributed by atoms with Gasteiger partial charge >= 0.3 is 0 Å². The third-order valence-corrected chi connectivity index (χ3v) is 8.25. The molecule has 8 nitrogen and oxygen atoms in total. The second kappa shape index (κ2) is 10.9. The summed E-state index contributed by atoms with van der Waals surface area (Å²) in [6, 6.07) is 19.0. The first-order valence-corrected chi connectivity index (χ1v) is 13.5. The number of non-ortho nitro benzene ring substituents is 1. The second-order valence-corrected chi connectivity index (χ2v) is 10.7. The van der Waals surface area contributed by atoms with Crippen LogP contribution in [0.2, 0.25) is 0 Å². The van der Waals surface area contributed by atoms with Crippen LogP contribution in [0.5, 0.6) is 0 Å². The van der Waals surface area contributed by atoms with E-state index in [0.717, 1.165) is 35.2 Å². The van der Waals surface area contributed by atoms with E-state index in [-0.39, 0.29) is 22.3 Å². The molecule has 36 heavy (non-hydrogen) atoms. The first kappa shape index (κ1) is 25.4. The summed E-state index contributed by atoms with van der Waals surface area (Å²) in [6.45, 7) is 1.45. The monoisotopic (exact) mass is 507 g/mol. The Labute approximate surface area is 211 Å². The average molecular weight is 508 g/mol. The van der Waals surface area contributed by atoms with Crippen LogP contribution in [-0.2, 0) is 27.7 Å². The van der Waals surface area contributed by atoms with Crippen molar-refractivity contribution in [3.63, 3.8) is 0 Å². The summed E-state index contributed by atoms with van der Waals surface area (Å²) >= 11 is 0. The standard InChI is InChI=1S/C27H29N3O5S/c1-2-26(22-16-15-20-9-6-7-10-21(20)17-22)28-27(31)19-29(23-11-8-12-24(18-23)30(32)33)36(34,35)25-13-4-3-5-14-25/h3-5,8,11-18,26H,2,6-7,9-10,19H2,1H3,(H,28,31)/t26-/m0/s1. The van der Waals surface area contributed by atoms with E-state index in [4.69, 9.17) is 0 Å². The molecular weight excluding hydrogens is 478 g/mol. The molecule has 3 aromatic carbocycles. The van der Waals surface area contributed by atoms with Crippen LogP contribution in [0.25, 0.3) is 0 Å². The lowest BCUT2D eigenvalue weighted by Gasteiger charge is -2.26. The molecule has 0 fully saturated rings. The lowest BCUT2D eigenvalue weighted by atomic mass is 9.89.